The Kier molecular flexibility index (Phi) is 3.89. The van der Waals surface area contributed by atoms with E-state index in [0.29, 0.717) is 19.4 Å². The van der Waals surface area contributed by atoms with E-state index >= 15 is 0 Å². The fourth-order valence-corrected chi connectivity index (χ4v) is 1.88. The smallest absolute Gasteiger partial charge is 0.324 e. The summed E-state index contributed by atoms with van der Waals surface area (Å²) in [5, 5.41) is 12.4. The SMILES string of the molecule is CCCNC1(C(=O)O)CCOC(C)C1. The normalized spacial score (nSPS) is 32.9. The van der Waals surface area contributed by atoms with Crippen LogP contribution in [0.4, 0.5) is 0 Å². The van der Waals surface area contributed by atoms with Gasteiger partial charge in [0.15, 0.2) is 0 Å². The molecule has 2 atom stereocenters. The first-order valence-corrected chi connectivity index (χ1v) is 5.21. The summed E-state index contributed by atoms with van der Waals surface area (Å²) in [6, 6.07) is 0. The molecule has 0 aliphatic carbocycles. The van der Waals surface area contributed by atoms with Crippen LogP contribution >= 0.6 is 0 Å². The quantitative estimate of drug-likeness (QED) is 0.712. The topological polar surface area (TPSA) is 58.6 Å². The maximum atomic E-state index is 11.2. The first-order valence-electron chi connectivity index (χ1n) is 5.21. The Balaban J connectivity index is 2.65. The fraction of sp³-hybridized carbons (Fsp3) is 0.900. The van der Waals surface area contributed by atoms with Gasteiger partial charge >= 0.3 is 5.97 Å². The lowest BCUT2D eigenvalue weighted by Gasteiger charge is -2.37. The maximum absolute atomic E-state index is 11.2. The highest BCUT2D eigenvalue weighted by Gasteiger charge is 2.41. The molecular formula is C10H19NO3. The van der Waals surface area contributed by atoms with Gasteiger partial charge in [-0.3, -0.25) is 4.79 Å². The molecule has 1 heterocycles. The standard InChI is InChI=1S/C10H19NO3/c1-3-5-11-10(9(12)13)4-6-14-8(2)7-10/h8,11H,3-7H2,1-2H3,(H,12,13). The molecule has 2 unspecified atom stereocenters. The summed E-state index contributed by atoms with van der Waals surface area (Å²) < 4.78 is 5.36. The molecule has 0 aromatic rings. The predicted octanol–water partition coefficient (Wildman–Crippen LogP) is 1.01. The third-order valence-electron chi connectivity index (χ3n) is 2.69. The van der Waals surface area contributed by atoms with Crippen molar-refractivity contribution in [1.82, 2.24) is 5.32 Å². The summed E-state index contributed by atoms with van der Waals surface area (Å²) in [4.78, 5) is 11.2. The van der Waals surface area contributed by atoms with E-state index in [4.69, 9.17) is 4.74 Å². The Morgan fingerprint density at radius 1 is 1.71 bits per heavy atom. The van der Waals surface area contributed by atoms with Crippen molar-refractivity contribution in [3.8, 4) is 0 Å². The Bertz CT molecular complexity index is 208. The van der Waals surface area contributed by atoms with Crippen molar-refractivity contribution >= 4 is 5.97 Å². The molecule has 0 aromatic heterocycles. The molecular weight excluding hydrogens is 182 g/mol. The van der Waals surface area contributed by atoms with E-state index in [1.165, 1.54) is 0 Å². The van der Waals surface area contributed by atoms with Gasteiger partial charge in [0, 0.05) is 13.0 Å². The Labute approximate surface area is 84.6 Å². The van der Waals surface area contributed by atoms with Crippen LogP contribution in [0.3, 0.4) is 0 Å². The monoisotopic (exact) mass is 201 g/mol. The number of ether oxygens (including phenoxy) is 1. The number of rotatable bonds is 4. The second kappa shape index (κ2) is 4.75. The molecule has 0 spiro atoms. The molecule has 4 nitrogen and oxygen atoms in total. The largest absolute Gasteiger partial charge is 0.480 e. The molecule has 0 bridgehead atoms. The van der Waals surface area contributed by atoms with Gasteiger partial charge in [-0.05, 0) is 26.3 Å². The summed E-state index contributed by atoms with van der Waals surface area (Å²) in [6.45, 7) is 5.24. The van der Waals surface area contributed by atoms with Crippen LogP contribution in [-0.2, 0) is 9.53 Å². The van der Waals surface area contributed by atoms with Crippen molar-refractivity contribution in [3.05, 3.63) is 0 Å². The number of hydrogen-bond donors (Lipinski definition) is 2. The van der Waals surface area contributed by atoms with E-state index in [9.17, 15) is 9.90 Å². The minimum absolute atomic E-state index is 0.0317. The van der Waals surface area contributed by atoms with Gasteiger partial charge in [0.2, 0.25) is 0 Å². The van der Waals surface area contributed by atoms with Crippen molar-refractivity contribution in [3.63, 3.8) is 0 Å². The predicted molar refractivity (Wildman–Crippen MR) is 53.3 cm³/mol. The van der Waals surface area contributed by atoms with Gasteiger partial charge in [-0.25, -0.2) is 0 Å². The summed E-state index contributed by atoms with van der Waals surface area (Å²) >= 11 is 0. The maximum Gasteiger partial charge on any atom is 0.324 e. The van der Waals surface area contributed by atoms with Crippen LogP contribution in [0.15, 0.2) is 0 Å². The van der Waals surface area contributed by atoms with E-state index in [1.807, 2.05) is 13.8 Å². The van der Waals surface area contributed by atoms with E-state index in [-0.39, 0.29) is 6.10 Å². The molecule has 14 heavy (non-hydrogen) atoms. The highest BCUT2D eigenvalue weighted by Crippen LogP contribution is 2.25. The van der Waals surface area contributed by atoms with Crippen molar-refractivity contribution in [1.29, 1.82) is 0 Å². The van der Waals surface area contributed by atoms with Crippen molar-refractivity contribution in [2.45, 2.75) is 44.8 Å². The van der Waals surface area contributed by atoms with Crippen molar-refractivity contribution in [2.24, 2.45) is 0 Å². The van der Waals surface area contributed by atoms with Crippen molar-refractivity contribution < 1.29 is 14.6 Å². The molecule has 1 rings (SSSR count). The first-order chi connectivity index (χ1) is 6.60. The summed E-state index contributed by atoms with van der Waals surface area (Å²) in [5.74, 6) is -0.749. The number of aliphatic carboxylic acids is 1. The zero-order valence-corrected chi connectivity index (χ0v) is 8.88. The second-order valence-corrected chi connectivity index (χ2v) is 3.95. The molecule has 1 fully saturated rings. The Morgan fingerprint density at radius 2 is 2.43 bits per heavy atom. The first kappa shape index (κ1) is 11.5. The molecule has 0 aromatic carbocycles. The molecule has 0 radical (unpaired) electrons. The van der Waals surface area contributed by atoms with Crippen LogP contribution in [0.5, 0.6) is 0 Å². The fourth-order valence-electron chi connectivity index (χ4n) is 1.88. The Hall–Kier alpha value is -0.610. The lowest BCUT2D eigenvalue weighted by Crippen LogP contribution is -2.57. The minimum Gasteiger partial charge on any atom is -0.480 e. The molecule has 1 aliphatic rings. The van der Waals surface area contributed by atoms with Gasteiger partial charge in [-0.1, -0.05) is 6.92 Å². The van der Waals surface area contributed by atoms with Crippen LogP contribution in [0.25, 0.3) is 0 Å². The van der Waals surface area contributed by atoms with Gasteiger partial charge in [-0.15, -0.1) is 0 Å². The summed E-state index contributed by atoms with van der Waals surface area (Å²) in [7, 11) is 0. The van der Waals surface area contributed by atoms with Gasteiger partial charge in [-0.2, -0.15) is 0 Å². The third kappa shape index (κ3) is 2.45. The Morgan fingerprint density at radius 3 is 2.93 bits per heavy atom. The molecule has 0 saturated carbocycles. The van der Waals surface area contributed by atoms with Crippen LogP contribution in [0.2, 0.25) is 0 Å². The highest BCUT2D eigenvalue weighted by atomic mass is 16.5. The lowest BCUT2D eigenvalue weighted by atomic mass is 9.87. The minimum atomic E-state index is -0.756. The third-order valence-corrected chi connectivity index (χ3v) is 2.69. The van der Waals surface area contributed by atoms with Gasteiger partial charge in [0.25, 0.3) is 0 Å². The number of hydrogen-bond acceptors (Lipinski definition) is 3. The average molecular weight is 201 g/mol. The summed E-state index contributed by atoms with van der Waals surface area (Å²) in [6.07, 6.45) is 2.10. The van der Waals surface area contributed by atoms with Crippen LogP contribution < -0.4 is 5.32 Å². The van der Waals surface area contributed by atoms with E-state index in [2.05, 4.69) is 5.32 Å². The van der Waals surface area contributed by atoms with Crippen LogP contribution in [0, 0.1) is 0 Å². The van der Waals surface area contributed by atoms with E-state index in [1.54, 1.807) is 0 Å². The van der Waals surface area contributed by atoms with Gasteiger partial charge < -0.3 is 15.2 Å². The zero-order valence-electron chi connectivity index (χ0n) is 8.88. The van der Waals surface area contributed by atoms with Crippen molar-refractivity contribution in [2.75, 3.05) is 13.2 Å². The highest BCUT2D eigenvalue weighted by molar-refractivity contribution is 5.79. The molecule has 2 N–H and O–H groups in total. The molecule has 1 saturated heterocycles. The molecule has 82 valence electrons. The summed E-state index contributed by atoms with van der Waals surface area (Å²) in [5.41, 5.74) is -0.756. The van der Waals surface area contributed by atoms with Crippen LogP contribution in [0.1, 0.15) is 33.1 Å². The number of carboxylic acids is 1. The van der Waals surface area contributed by atoms with Gasteiger partial charge in [0.1, 0.15) is 5.54 Å². The number of nitrogens with one attached hydrogen (secondary N) is 1. The van der Waals surface area contributed by atoms with Gasteiger partial charge in [0.05, 0.1) is 6.10 Å². The second-order valence-electron chi connectivity index (χ2n) is 3.95. The molecule has 1 aliphatic heterocycles. The number of carbonyl (C=O) groups is 1. The number of carboxylic acid groups (broad SMARTS) is 1. The average Bonchev–Trinajstić information content (AvgIpc) is 2.14. The zero-order chi connectivity index (χ0) is 10.6. The van der Waals surface area contributed by atoms with E-state index < -0.39 is 11.5 Å². The lowest BCUT2D eigenvalue weighted by molar-refractivity contribution is -0.151. The van der Waals surface area contributed by atoms with Crippen LogP contribution in [-0.4, -0.2) is 35.9 Å². The van der Waals surface area contributed by atoms with E-state index in [0.717, 1.165) is 13.0 Å². The molecule has 4 heteroatoms. The molecule has 0 amide bonds.